The minimum absolute atomic E-state index is 0.158. The third-order valence-electron chi connectivity index (χ3n) is 5.93. The molecule has 0 saturated heterocycles. The average molecular weight is 542 g/mol. The van der Waals surface area contributed by atoms with Gasteiger partial charge in [-0.25, -0.2) is 4.39 Å². The van der Waals surface area contributed by atoms with Crippen molar-refractivity contribution in [3.63, 3.8) is 0 Å². The maximum absolute atomic E-state index is 13.9. The Balaban J connectivity index is 1.48. The third-order valence-corrected chi connectivity index (χ3v) is 6.79. The van der Waals surface area contributed by atoms with Crippen LogP contribution in [0.25, 0.3) is 10.7 Å². The number of aromatic nitrogens is 5. The number of hydrogen-bond acceptors (Lipinski definition) is 7. The van der Waals surface area contributed by atoms with Gasteiger partial charge in [-0.2, -0.15) is 4.80 Å². The first-order chi connectivity index (χ1) is 19.0. The summed E-state index contributed by atoms with van der Waals surface area (Å²) in [6, 6.07) is 19.3. The predicted octanol–water partition coefficient (Wildman–Crippen LogP) is 4.34. The maximum atomic E-state index is 13.9. The summed E-state index contributed by atoms with van der Waals surface area (Å²) >= 11 is 1.47. The maximum Gasteiger partial charge on any atom is 0.251 e. The fourth-order valence-electron chi connectivity index (χ4n) is 4.08. The lowest BCUT2D eigenvalue weighted by atomic mass is 10.0. The number of nitrogens with zero attached hydrogens (tertiary/aromatic N) is 6. The van der Waals surface area contributed by atoms with Gasteiger partial charge in [0.1, 0.15) is 18.4 Å². The second-order valence-corrected chi connectivity index (χ2v) is 9.70. The SMILES string of the molecule is Cc1cccc(N(C(=O)Cn2nnc(-c3cccs3)n2)[C@H](C(=O)NCc2ccc(F)cc2)c2ccncc2)c1. The summed E-state index contributed by atoms with van der Waals surface area (Å²) < 4.78 is 13.4. The lowest BCUT2D eigenvalue weighted by Crippen LogP contribution is -2.45. The fourth-order valence-corrected chi connectivity index (χ4v) is 4.73. The van der Waals surface area contributed by atoms with E-state index in [4.69, 9.17) is 0 Å². The molecule has 0 unspecified atom stereocenters. The number of tetrazole rings is 1. The van der Waals surface area contributed by atoms with Crippen molar-refractivity contribution in [3.8, 4) is 10.7 Å². The Labute approximate surface area is 227 Å². The molecule has 0 aliphatic heterocycles. The number of benzene rings is 2. The van der Waals surface area contributed by atoms with Crippen LogP contribution in [0, 0.1) is 12.7 Å². The molecule has 0 aliphatic rings. The van der Waals surface area contributed by atoms with Gasteiger partial charge >= 0.3 is 0 Å². The van der Waals surface area contributed by atoms with Crippen LogP contribution in [0.4, 0.5) is 10.1 Å². The largest absolute Gasteiger partial charge is 0.350 e. The zero-order valence-corrected chi connectivity index (χ0v) is 21.8. The average Bonchev–Trinajstić information content (AvgIpc) is 3.64. The molecule has 5 aromatic rings. The second kappa shape index (κ2) is 11.7. The van der Waals surface area contributed by atoms with Gasteiger partial charge in [0.05, 0.1) is 4.88 Å². The number of anilines is 1. The Morgan fingerprint density at radius 1 is 1.05 bits per heavy atom. The first kappa shape index (κ1) is 25.9. The Morgan fingerprint density at radius 2 is 1.85 bits per heavy atom. The standard InChI is InChI=1S/C28H24FN7O2S/c1-19-4-2-5-23(16-19)36(25(37)18-35-33-27(32-34-35)24-6-3-15-39-24)26(21-11-13-30-14-12-21)28(38)31-17-20-7-9-22(29)10-8-20/h2-16,26H,17-18H2,1H3,(H,31,38)/t26-/m0/s1. The molecule has 0 spiro atoms. The molecule has 0 aliphatic carbocycles. The van der Waals surface area contributed by atoms with Crippen LogP contribution in [0.1, 0.15) is 22.7 Å². The molecule has 39 heavy (non-hydrogen) atoms. The molecule has 0 bridgehead atoms. The van der Waals surface area contributed by atoms with Crippen LogP contribution in [-0.4, -0.2) is 37.0 Å². The zero-order chi connectivity index (χ0) is 27.2. The summed E-state index contributed by atoms with van der Waals surface area (Å²) in [5.41, 5.74) is 2.75. The van der Waals surface area contributed by atoms with Crippen LogP contribution in [-0.2, 0) is 22.7 Å². The first-order valence-corrected chi connectivity index (χ1v) is 13.0. The summed E-state index contributed by atoms with van der Waals surface area (Å²) in [6.45, 7) is 1.83. The number of aryl methyl sites for hydroxylation is 1. The van der Waals surface area contributed by atoms with Crippen molar-refractivity contribution >= 4 is 28.8 Å². The van der Waals surface area contributed by atoms with E-state index in [1.54, 1.807) is 42.7 Å². The van der Waals surface area contributed by atoms with E-state index in [9.17, 15) is 14.0 Å². The molecule has 5 rings (SSSR count). The lowest BCUT2D eigenvalue weighted by molar-refractivity contribution is -0.127. The van der Waals surface area contributed by atoms with E-state index in [-0.39, 0.29) is 18.9 Å². The molecule has 0 radical (unpaired) electrons. The van der Waals surface area contributed by atoms with Crippen molar-refractivity contribution in [1.82, 2.24) is 30.5 Å². The van der Waals surface area contributed by atoms with E-state index in [1.165, 1.54) is 33.2 Å². The molecule has 2 aromatic carbocycles. The molecule has 3 aromatic heterocycles. The van der Waals surface area contributed by atoms with Crippen LogP contribution in [0.15, 0.2) is 90.6 Å². The predicted molar refractivity (Wildman–Crippen MR) is 145 cm³/mol. The van der Waals surface area contributed by atoms with Gasteiger partial charge in [-0.1, -0.05) is 30.3 Å². The molecule has 0 fully saturated rings. The Hall–Kier alpha value is -4.77. The normalized spacial score (nSPS) is 11.6. The van der Waals surface area contributed by atoms with Crippen molar-refractivity contribution in [2.45, 2.75) is 26.1 Å². The van der Waals surface area contributed by atoms with E-state index in [1.807, 2.05) is 42.6 Å². The van der Waals surface area contributed by atoms with E-state index in [2.05, 4.69) is 25.7 Å². The van der Waals surface area contributed by atoms with Crippen LogP contribution < -0.4 is 10.2 Å². The minimum atomic E-state index is -1.02. The van der Waals surface area contributed by atoms with Gasteiger partial charge in [-0.05, 0) is 76.7 Å². The summed E-state index contributed by atoms with van der Waals surface area (Å²) in [6.07, 6.45) is 3.14. The molecule has 11 heteroatoms. The number of nitrogens with one attached hydrogen (secondary N) is 1. The lowest BCUT2D eigenvalue weighted by Gasteiger charge is -2.31. The molecule has 1 atom stereocenters. The number of rotatable bonds is 9. The van der Waals surface area contributed by atoms with Gasteiger partial charge in [-0.3, -0.25) is 19.5 Å². The van der Waals surface area contributed by atoms with Gasteiger partial charge in [0.15, 0.2) is 0 Å². The number of halogens is 1. The van der Waals surface area contributed by atoms with Gasteiger partial charge in [-0.15, -0.1) is 21.5 Å². The van der Waals surface area contributed by atoms with Crippen molar-refractivity contribution in [2.24, 2.45) is 0 Å². The number of hydrogen-bond donors (Lipinski definition) is 1. The molecule has 9 nitrogen and oxygen atoms in total. The Kier molecular flexibility index (Phi) is 7.78. The zero-order valence-electron chi connectivity index (χ0n) is 20.9. The molecule has 196 valence electrons. The van der Waals surface area contributed by atoms with Crippen LogP contribution in [0.3, 0.4) is 0 Å². The van der Waals surface area contributed by atoms with Gasteiger partial charge in [0.2, 0.25) is 11.7 Å². The van der Waals surface area contributed by atoms with Gasteiger partial charge in [0, 0.05) is 24.6 Å². The van der Waals surface area contributed by atoms with Crippen LogP contribution >= 0.6 is 11.3 Å². The Bertz CT molecular complexity index is 1560. The monoisotopic (exact) mass is 541 g/mol. The topological polar surface area (TPSA) is 106 Å². The van der Waals surface area contributed by atoms with Gasteiger partial charge in [0.25, 0.3) is 5.91 Å². The molecule has 2 amide bonds. The molecule has 0 saturated carbocycles. The number of pyridine rings is 1. The van der Waals surface area contributed by atoms with E-state index >= 15 is 0 Å². The molecular formula is C28H24FN7O2S. The van der Waals surface area contributed by atoms with E-state index in [0.717, 1.165) is 16.0 Å². The van der Waals surface area contributed by atoms with Crippen molar-refractivity contribution in [1.29, 1.82) is 0 Å². The summed E-state index contributed by atoms with van der Waals surface area (Å²) in [4.78, 5) is 35.2. The number of thiophene rings is 1. The summed E-state index contributed by atoms with van der Waals surface area (Å²) in [7, 11) is 0. The van der Waals surface area contributed by atoms with Crippen molar-refractivity contribution in [3.05, 3.63) is 113 Å². The van der Waals surface area contributed by atoms with E-state index in [0.29, 0.717) is 17.1 Å². The molecule has 1 N–H and O–H groups in total. The smallest absolute Gasteiger partial charge is 0.251 e. The van der Waals surface area contributed by atoms with Crippen LogP contribution in [0.2, 0.25) is 0 Å². The number of carbonyl (C=O) groups excluding carboxylic acids is 2. The highest BCUT2D eigenvalue weighted by molar-refractivity contribution is 7.13. The summed E-state index contributed by atoms with van der Waals surface area (Å²) in [5, 5.41) is 17.3. The van der Waals surface area contributed by atoms with Crippen molar-refractivity contribution < 1.29 is 14.0 Å². The minimum Gasteiger partial charge on any atom is -0.350 e. The van der Waals surface area contributed by atoms with Crippen LogP contribution in [0.5, 0.6) is 0 Å². The second-order valence-electron chi connectivity index (χ2n) is 8.75. The highest BCUT2D eigenvalue weighted by atomic mass is 32.1. The fraction of sp³-hybridized carbons (Fsp3) is 0.143. The number of carbonyl (C=O) groups is 2. The highest BCUT2D eigenvalue weighted by Crippen LogP contribution is 2.29. The first-order valence-electron chi connectivity index (χ1n) is 12.1. The van der Waals surface area contributed by atoms with Gasteiger partial charge < -0.3 is 5.32 Å². The quantitative estimate of drug-likeness (QED) is 0.298. The number of amides is 2. The highest BCUT2D eigenvalue weighted by Gasteiger charge is 2.33. The Morgan fingerprint density at radius 3 is 2.56 bits per heavy atom. The van der Waals surface area contributed by atoms with Crippen molar-refractivity contribution in [2.75, 3.05) is 4.90 Å². The van der Waals surface area contributed by atoms with E-state index < -0.39 is 17.9 Å². The third kappa shape index (κ3) is 6.21. The molecule has 3 heterocycles. The summed E-state index contributed by atoms with van der Waals surface area (Å²) in [5.74, 6) is -0.761. The molecular weight excluding hydrogens is 517 g/mol.